The molecule has 4 aromatic rings. The molecule has 4 rings (SSSR count). The van der Waals surface area contributed by atoms with Gasteiger partial charge in [-0.3, -0.25) is 19.4 Å². The Morgan fingerprint density at radius 3 is 1.50 bits per heavy atom. The van der Waals surface area contributed by atoms with Crippen molar-refractivity contribution in [2.75, 3.05) is 43.9 Å². The second-order valence-corrected chi connectivity index (χ2v) is 12.7. The highest BCUT2D eigenvalue weighted by molar-refractivity contribution is 5.94. The number of carbonyl (C=O) groups excluding carboxylic acids is 4. The third-order valence-electron chi connectivity index (χ3n) is 8.15. The zero-order valence-electron chi connectivity index (χ0n) is 30.9. The molecule has 0 radical (unpaired) electrons. The second-order valence-electron chi connectivity index (χ2n) is 12.7. The quantitative estimate of drug-likeness (QED) is 0.0944. The largest absolute Gasteiger partial charge is 0.445 e. The van der Waals surface area contributed by atoms with Gasteiger partial charge in [-0.2, -0.15) is 0 Å². The number of rotatable bonds is 18. The Balaban J connectivity index is 1.26. The van der Waals surface area contributed by atoms with Crippen LogP contribution in [0.3, 0.4) is 0 Å². The summed E-state index contributed by atoms with van der Waals surface area (Å²) in [7, 11) is 1.60. The normalized spacial score (nSPS) is 12.0. The summed E-state index contributed by atoms with van der Waals surface area (Å²) in [6.07, 6.45) is 2.15. The van der Waals surface area contributed by atoms with Crippen LogP contribution in [0.1, 0.15) is 42.5 Å². The fraction of sp³-hybridized carbons (Fsp3) is 0.286. The molecule has 0 saturated heterocycles. The zero-order valence-corrected chi connectivity index (χ0v) is 30.9. The number of nitrogens with one attached hydrogen (secondary N) is 2. The highest BCUT2D eigenvalue weighted by Gasteiger charge is 2.22. The summed E-state index contributed by atoms with van der Waals surface area (Å²) in [6.45, 7) is 3.35. The summed E-state index contributed by atoms with van der Waals surface area (Å²) < 4.78 is 16.1. The molecule has 4 aromatic carbocycles. The van der Waals surface area contributed by atoms with Gasteiger partial charge in [0, 0.05) is 25.0 Å². The molecular weight excluding hydrogens is 688 g/mol. The van der Waals surface area contributed by atoms with Crippen LogP contribution < -0.4 is 10.6 Å². The van der Waals surface area contributed by atoms with Crippen LogP contribution in [-0.2, 0) is 37.0 Å². The molecule has 0 aliphatic rings. The zero-order chi connectivity index (χ0) is 38.7. The Bertz CT molecular complexity index is 1800. The number of methoxy groups -OCH3 is 1. The topological polar surface area (TPSA) is 147 Å². The molecule has 284 valence electrons. The monoisotopic (exact) mass is 736 g/mol. The van der Waals surface area contributed by atoms with Gasteiger partial charge < -0.3 is 30.0 Å². The van der Waals surface area contributed by atoms with Gasteiger partial charge in [0.25, 0.3) is 0 Å². The van der Waals surface area contributed by atoms with E-state index in [1.54, 1.807) is 31.4 Å². The molecule has 0 aliphatic heterocycles. The Hall–Kier alpha value is -5.98. The summed E-state index contributed by atoms with van der Waals surface area (Å²) in [5, 5.41) is 15.5. The van der Waals surface area contributed by atoms with Crippen LogP contribution in [0.2, 0.25) is 0 Å². The molecule has 3 N–H and O–H groups in total. The van der Waals surface area contributed by atoms with Crippen molar-refractivity contribution in [1.29, 1.82) is 0 Å². The summed E-state index contributed by atoms with van der Waals surface area (Å²) >= 11 is 0. The summed E-state index contributed by atoms with van der Waals surface area (Å²) in [6, 6.07) is 33.0. The Labute approximate surface area is 316 Å². The van der Waals surface area contributed by atoms with E-state index in [9.17, 15) is 24.3 Å². The third-order valence-corrected chi connectivity index (χ3v) is 8.15. The van der Waals surface area contributed by atoms with Crippen LogP contribution in [0.25, 0.3) is 12.2 Å². The minimum atomic E-state index is -0.845. The van der Waals surface area contributed by atoms with Crippen molar-refractivity contribution in [3.8, 4) is 0 Å². The van der Waals surface area contributed by atoms with Gasteiger partial charge in [0.05, 0.1) is 18.8 Å². The van der Waals surface area contributed by atoms with Crippen LogP contribution in [0.5, 0.6) is 0 Å². The van der Waals surface area contributed by atoms with Gasteiger partial charge in [-0.25, -0.2) is 9.59 Å². The molecule has 0 saturated carbocycles. The maximum atomic E-state index is 12.9. The van der Waals surface area contributed by atoms with Crippen molar-refractivity contribution in [2.24, 2.45) is 0 Å². The SMILES string of the molecule is COC(C)CCN(CC(=O)Nc1ccc(/C=C/c2ccc(NC(=O)CN(CC(C)O)C(=O)OCc3ccccc3)cc2)cc1)C(=O)OCc1ccccc1. The maximum Gasteiger partial charge on any atom is 0.410 e. The smallest absolute Gasteiger partial charge is 0.410 e. The molecule has 4 amide bonds. The van der Waals surface area contributed by atoms with E-state index in [0.717, 1.165) is 22.3 Å². The molecule has 2 unspecified atom stereocenters. The number of aliphatic hydroxyl groups is 1. The standard InChI is InChI=1S/C42H48N4O8/c1-31(47)26-46(42(51)54-30-36-12-8-5-9-13-36)28-40(49)44-38-22-18-34(19-23-38)15-14-33-16-20-37(21-17-33)43-39(48)27-45(25-24-32(2)52-3)41(50)53-29-35-10-6-4-7-11-35/h4-23,31-32,47H,24-30H2,1-3H3,(H,43,48)(H,44,49)/b15-14+. The van der Waals surface area contributed by atoms with Crippen molar-refractivity contribution in [3.63, 3.8) is 0 Å². The average molecular weight is 737 g/mol. The highest BCUT2D eigenvalue weighted by atomic mass is 16.6. The van der Waals surface area contributed by atoms with Gasteiger partial charge in [0.2, 0.25) is 11.8 Å². The number of aliphatic hydroxyl groups excluding tert-OH is 1. The lowest BCUT2D eigenvalue weighted by Crippen LogP contribution is -2.42. The third kappa shape index (κ3) is 14.6. The number of amides is 4. The summed E-state index contributed by atoms with van der Waals surface area (Å²) in [5.74, 6) is -0.787. The Morgan fingerprint density at radius 1 is 0.648 bits per heavy atom. The number of anilines is 2. The predicted octanol–water partition coefficient (Wildman–Crippen LogP) is 6.82. The molecule has 12 heteroatoms. The van der Waals surface area contributed by atoms with E-state index in [4.69, 9.17) is 14.2 Å². The predicted molar refractivity (Wildman–Crippen MR) is 208 cm³/mol. The van der Waals surface area contributed by atoms with Gasteiger partial charge in [-0.1, -0.05) is 97.1 Å². The van der Waals surface area contributed by atoms with Gasteiger partial charge >= 0.3 is 12.2 Å². The maximum absolute atomic E-state index is 12.9. The lowest BCUT2D eigenvalue weighted by molar-refractivity contribution is -0.118. The lowest BCUT2D eigenvalue weighted by Gasteiger charge is -2.23. The molecule has 12 nitrogen and oxygen atoms in total. The number of carbonyl (C=O) groups is 4. The Morgan fingerprint density at radius 2 is 1.07 bits per heavy atom. The first kappa shape index (κ1) is 40.8. The molecule has 0 heterocycles. The average Bonchev–Trinajstić information content (AvgIpc) is 3.18. The number of nitrogens with zero attached hydrogens (tertiary/aromatic N) is 2. The second kappa shape index (κ2) is 21.5. The van der Waals surface area contributed by atoms with E-state index in [0.29, 0.717) is 24.3 Å². The first-order valence-corrected chi connectivity index (χ1v) is 17.7. The molecule has 0 spiro atoms. The van der Waals surface area contributed by atoms with Crippen LogP contribution in [0.4, 0.5) is 21.0 Å². The number of hydrogen-bond donors (Lipinski definition) is 3. The first-order chi connectivity index (χ1) is 26.1. The lowest BCUT2D eigenvalue weighted by atomic mass is 10.1. The highest BCUT2D eigenvalue weighted by Crippen LogP contribution is 2.16. The first-order valence-electron chi connectivity index (χ1n) is 17.7. The van der Waals surface area contributed by atoms with Crippen LogP contribution in [-0.4, -0.2) is 84.4 Å². The Kier molecular flexibility index (Phi) is 16.3. The van der Waals surface area contributed by atoms with Crippen molar-refractivity contribution >= 4 is 47.5 Å². The minimum Gasteiger partial charge on any atom is -0.445 e. The van der Waals surface area contributed by atoms with E-state index < -0.39 is 24.2 Å². The number of hydrogen-bond acceptors (Lipinski definition) is 8. The van der Waals surface area contributed by atoms with Gasteiger partial charge in [0.1, 0.15) is 26.3 Å². The van der Waals surface area contributed by atoms with Crippen LogP contribution >= 0.6 is 0 Å². The number of benzene rings is 4. The van der Waals surface area contributed by atoms with Gasteiger partial charge in [-0.15, -0.1) is 0 Å². The number of ether oxygens (including phenoxy) is 3. The molecular formula is C42H48N4O8. The molecule has 0 aliphatic carbocycles. The van der Waals surface area contributed by atoms with Crippen molar-refractivity contribution < 1.29 is 38.5 Å². The van der Waals surface area contributed by atoms with Crippen LogP contribution in [0.15, 0.2) is 109 Å². The fourth-order valence-corrected chi connectivity index (χ4v) is 5.13. The van der Waals surface area contributed by atoms with E-state index in [1.165, 1.54) is 16.7 Å². The molecule has 0 bridgehead atoms. The van der Waals surface area contributed by atoms with Gasteiger partial charge in [0.15, 0.2) is 0 Å². The van der Waals surface area contributed by atoms with E-state index in [1.807, 2.05) is 104 Å². The van der Waals surface area contributed by atoms with Crippen molar-refractivity contribution in [3.05, 3.63) is 131 Å². The van der Waals surface area contributed by atoms with E-state index >= 15 is 0 Å². The molecule has 2 atom stereocenters. The van der Waals surface area contributed by atoms with Crippen LogP contribution in [0, 0.1) is 0 Å². The van der Waals surface area contributed by atoms with Crippen molar-refractivity contribution in [1.82, 2.24) is 9.80 Å². The fourth-order valence-electron chi connectivity index (χ4n) is 5.13. The minimum absolute atomic E-state index is 0.0528. The van der Waals surface area contributed by atoms with Crippen molar-refractivity contribution in [2.45, 2.75) is 45.7 Å². The van der Waals surface area contributed by atoms with E-state index in [-0.39, 0.29) is 44.9 Å². The molecule has 0 aromatic heterocycles. The summed E-state index contributed by atoms with van der Waals surface area (Å²) in [4.78, 5) is 53.8. The molecule has 0 fully saturated rings. The summed E-state index contributed by atoms with van der Waals surface area (Å²) in [5.41, 5.74) is 4.56. The molecule has 54 heavy (non-hydrogen) atoms. The van der Waals surface area contributed by atoms with Gasteiger partial charge in [-0.05, 0) is 66.8 Å². The van der Waals surface area contributed by atoms with E-state index in [2.05, 4.69) is 10.6 Å².